The molecule has 5 heteroatoms. The van der Waals surface area contributed by atoms with Crippen LogP contribution in [0.4, 0.5) is 0 Å². The van der Waals surface area contributed by atoms with E-state index in [4.69, 9.17) is 11.6 Å². The van der Waals surface area contributed by atoms with E-state index in [-0.39, 0.29) is 11.8 Å². The van der Waals surface area contributed by atoms with Crippen LogP contribution in [0.5, 0.6) is 0 Å². The Balaban J connectivity index is 2.35. The van der Waals surface area contributed by atoms with E-state index in [1.165, 1.54) is 10.0 Å². The predicted octanol–water partition coefficient (Wildman–Crippen LogP) is 5.07. The van der Waals surface area contributed by atoms with Crippen molar-refractivity contribution in [2.24, 2.45) is 0 Å². The largest absolute Gasteiger partial charge is 0.272 e. The second-order valence-electron chi connectivity index (χ2n) is 7.09. The normalized spacial score (nSPS) is 10.7. The van der Waals surface area contributed by atoms with Crippen molar-refractivity contribution in [3.05, 3.63) is 82.6 Å². The summed E-state index contributed by atoms with van der Waals surface area (Å²) < 4.78 is 0. The van der Waals surface area contributed by atoms with Crippen LogP contribution >= 0.6 is 11.6 Å². The molecule has 4 nitrogen and oxygen atoms in total. The molecule has 0 aromatic heterocycles. The van der Waals surface area contributed by atoms with E-state index in [2.05, 4.69) is 12.3 Å². The number of benzene rings is 2. The van der Waals surface area contributed by atoms with Crippen molar-refractivity contribution in [2.75, 3.05) is 7.05 Å². The average molecular weight is 383 g/mol. The van der Waals surface area contributed by atoms with E-state index >= 15 is 0 Å². The van der Waals surface area contributed by atoms with Crippen LogP contribution in [-0.4, -0.2) is 34.4 Å². The number of hydrogen-bond acceptors (Lipinski definition) is 2. The highest BCUT2D eigenvalue weighted by Crippen LogP contribution is 2.22. The van der Waals surface area contributed by atoms with E-state index in [0.29, 0.717) is 16.1 Å². The van der Waals surface area contributed by atoms with Gasteiger partial charge < -0.3 is 0 Å². The van der Waals surface area contributed by atoms with Crippen molar-refractivity contribution in [3.63, 3.8) is 0 Å². The topological polar surface area (TPSA) is 40.6 Å². The summed E-state index contributed by atoms with van der Waals surface area (Å²) in [4.78, 5) is 26.1. The third-order valence-electron chi connectivity index (χ3n) is 3.94. The van der Waals surface area contributed by atoms with Crippen LogP contribution in [0, 0.1) is 0 Å². The summed E-state index contributed by atoms with van der Waals surface area (Å²) >= 11 is 5.91. The Hall–Kier alpha value is -2.81. The van der Waals surface area contributed by atoms with E-state index in [9.17, 15) is 9.59 Å². The molecule has 0 spiro atoms. The Morgan fingerprint density at radius 3 is 1.93 bits per heavy atom. The summed E-state index contributed by atoms with van der Waals surface area (Å²) in [6.45, 7) is 9.17. The lowest BCUT2D eigenvalue weighted by Gasteiger charge is -2.41. The molecule has 2 rings (SSSR count). The van der Waals surface area contributed by atoms with Gasteiger partial charge in [-0.15, -0.1) is 5.73 Å². The third-order valence-corrected chi connectivity index (χ3v) is 4.19. The summed E-state index contributed by atoms with van der Waals surface area (Å²) in [6, 6.07) is 13.7. The molecular weight excluding hydrogens is 360 g/mol. The number of hydrazine groups is 1. The summed E-state index contributed by atoms with van der Waals surface area (Å²) in [5.74, 6) is -0.553. The highest BCUT2D eigenvalue weighted by Gasteiger charge is 2.33. The predicted molar refractivity (Wildman–Crippen MR) is 110 cm³/mol. The minimum Gasteiger partial charge on any atom is -0.267 e. The van der Waals surface area contributed by atoms with Crippen LogP contribution in [0.3, 0.4) is 0 Å². The molecule has 0 radical (unpaired) electrons. The van der Waals surface area contributed by atoms with Gasteiger partial charge in [0.25, 0.3) is 11.8 Å². The lowest BCUT2D eigenvalue weighted by Crippen LogP contribution is -2.56. The molecule has 0 aliphatic carbocycles. The minimum atomic E-state index is -0.605. The fourth-order valence-corrected chi connectivity index (χ4v) is 2.85. The molecule has 0 saturated heterocycles. The summed E-state index contributed by atoms with van der Waals surface area (Å²) in [5, 5.41) is 3.36. The first-order valence-corrected chi connectivity index (χ1v) is 8.87. The number of carbonyl (C=O) groups is 2. The quantitative estimate of drug-likeness (QED) is 0.549. The first kappa shape index (κ1) is 20.5. The maximum Gasteiger partial charge on any atom is 0.272 e. The molecule has 140 valence electrons. The van der Waals surface area contributed by atoms with E-state index in [1.807, 2.05) is 32.9 Å². The van der Waals surface area contributed by atoms with Crippen LogP contribution in [0.15, 0.2) is 60.8 Å². The molecule has 0 unspecified atom stereocenters. The standard InChI is InChI=1S/C22H23ClN2O2/c1-6-7-16-8-10-17(11-9-16)20(26)24(5)25(22(2,3)4)21(27)18-12-14-19(23)15-13-18/h7-15H,1H2,2-5H3. The molecule has 0 atom stereocenters. The monoisotopic (exact) mass is 382 g/mol. The van der Waals surface area contributed by atoms with Gasteiger partial charge in [-0.25, -0.2) is 10.0 Å². The Kier molecular flexibility index (Phi) is 6.27. The van der Waals surface area contributed by atoms with Crippen molar-refractivity contribution in [2.45, 2.75) is 26.3 Å². The molecule has 0 aliphatic rings. The first-order chi connectivity index (χ1) is 12.6. The van der Waals surface area contributed by atoms with Gasteiger partial charge >= 0.3 is 0 Å². The number of halogens is 1. The van der Waals surface area contributed by atoms with Gasteiger partial charge in [0.1, 0.15) is 0 Å². The number of carbonyl (C=O) groups excluding carboxylic acids is 2. The number of hydrogen-bond donors (Lipinski definition) is 0. The van der Waals surface area contributed by atoms with Gasteiger partial charge in [-0.3, -0.25) is 9.59 Å². The van der Waals surface area contributed by atoms with Crippen molar-refractivity contribution in [3.8, 4) is 0 Å². The Morgan fingerprint density at radius 1 is 0.963 bits per heavy atom. The summed E-state index contributed by atoms with van der Waals surface area (Å²) in [7, 11) is 1.60. The molecular formula is C22H23ClN2O2. The zero-order valence-electron chi connectivity index (χ0n) is 16.0. The van der Waals surface area contributed by atoms with Gasteiger partial charge in [0.15, 0.2) is 0 Å². The van der Waals surface area contributed by atoms with Crippen LogP contribution in [-0.2, 0) is 0 Å². The molecule has 0 bridgehead atoms. The van der Waals surface area contributed by atoms with Gasteiger partial charge in [-0.2, -0.15) is 0 Å². The van der Waals surface area contributed by atoms with Crippen LogP contribution in [0.2, 0.25) is 5.02 Å². The van der Waals surface area contributed by atoms with Gasteiger partial charge in [-0.1, -0.05) is 30.3 Å². The van der Waals surface area contributed by atoms with Crippen LogP contribution in [0.25, 0.3) is 6.08 Å². The molecule has 2 aromatic rings. The molecule has 0 N–H and O–H groups in total. The maximum absolute atomic E-state index is 13.1. The van der Waals surface area contributed by atoms with E-state index in [1.54, 1.807) is 49.5 Å². The summed E-state index contributed by atoms with van der Waals surface area (Å²) in [6.07, 6.45) is 1.73. The van der Waals surface area contributed by atoms with Crippen molar-refractivity contribution in [1.29, 1.82) is 0 Å². The van der Waals surface area contributed by atoms with Crippen LogP contribution in [0.1, 0.15) is 47.1 Å². The molecule has 27 heavy (non-hydrogen) atoms. The fraction of sp³-hybridized carbons (Fsp3) is 0.227. The third kappa shape index (κ3) is 4.88. The fourth-order valence-electron chi connectivity index (χ4n) is 2.72. The molecule has 2 amide bonds. The lowest BCUT2D eigenvalue weighted by atomic mass is 10.1. The molecule has 0 fully saturated rings. The van der Waals surface area contributed by atoms with Crippen LogP contribution < -0.4 is 0 Å². The molecule has 0 saturated carbocycles. The minimum absolute atomic E-state index is 0.277. The lowest BCUT2D eigenvalue weighted by molar-refractivity contribution is -0.0308. The Bertz CT molecular complexity index is 874. The average Bonchev–Trinajstić information content (AvgIpc) is 2.61. The van der Waals surface area contributed by atoms with Crippen molar-refractivity contribution < 1.29 is 9.59 Å². The van der Waals surface area contributed by atoms with Crippen molar-refractivity contribution >= 4 is 29.5 Å². The highest BCUT2D eigenvalue weighted by atomic mass is 35.5. The maximum atomic E-state index is 13.1. The van der Waals surface area contributed by atoms with Gasteiger partial charge in [0, 0.05) is 23.2 Å². The number of amides is 2. The highest BCUT2D eigenvalue weighted by molar-refractivity contribution is 6.30. The zero-order chi connectivity index (χ0) is 20.2. The SMILES string of the molecule is C=C=Cc1ccc(C(=O)N(C)N(C(=O)c2ccc(Cl)cc2)C(C)(C)C)cc1. The molecule has 0 aliphatic heterocycles. The summed E-state index contributed by atoms with van der Waals surface area (Å²) in [5.41, 5.74) is 3.93. The second kappa shape index (κ2) is 8.26. The number of rotatable bonds is 3. The number of nitrogens with zero attached hydrogens (tertiary/aromatic N) is 2. The zero-order valence-corrected chi connectivity index (χ0v) is 16.7. The molecule has 0 heterocycles. The van der Waals surface area contributed by atoms with Crippen molar-refractivity contribution in [1.82, 2.24) is 10.0 Å². The second-order valence-corrected chi connectivity index (χ2v) is 7.53. The Labute approximate surface area is 165 Å². The van der Waals surface area contributed by atoms with E-state index in [0.717, 1.165) is 5.56 Å². The van der Waals surface area contributed by atoms with E-state index < -0.39 is 5.54 Å². The first-order valence-electron chi connectivity index (χ1n) is 8.49. The smallest absolute Gasteiger partial charge is 0.267 e. The van der Waals surface area contributed by atoms with Gasteiger partial charge in [0.2, 0.25) is 0 Å². The molecule has 2 aromatic carbocycles. The van der Waals surface area contributed by atoms with Gasteiger partial charge in [-0.05, 0) is 68.8 Å². The Morgan fingerprint density at radius 2 is 1.44 bits per heavy atom. The van der Waals surface area contributed by atoms with Gasteiger partial charge in [0.05, 0.1) is 5.54 Å².